The summed E-state index contributed by atoms with van der Waals surface area (Å²) in [6, 6.07) is 29.2. The summed E-state index contributed by atoms with van der Waals surface area (Å²) in [6.45, 7) is 40.1. The van der Waals surface area contributed by atoms with Crippen molar-refractivity contribution in [1.82, 2.24) is 116 Å². The lowest BCUT2D eigenvalue weighted by Crippen LogP contribution is -2.51. The number of anilines is 4. The molecule has 0 spiro atoms. The molecule has 16 aromatic heterocycles. The van der Waals surface area contributed by atoms with Gasteiger partial charge in [0.2, 0.25) is 0 Å². The number of hydrogen-bond acceptors (Lipinski definition) is 24. The number of aryl methyl sites for hydroxylation is 9. The molecule has 5 fully saturated rings. The highest BCUT2D eigenvalue weighted by Gasteiger charge is 2.33. The van der Waals surface area contributed by atoms with Crippen molar-refractivity contribution in [3.63, 3.8) is 0 Å². The molecule has 32 nitrogen and oxygen atoms in total. The minimum Gasteiger partial charge on any atom is -0.370 e. The molecule has 0 unspecified atom stereocenters. The van der Waals surface area contributed by atoms with Crippen LogP contribution in [0.2, 0.25) is 0 Å². The largest absolute Gasteiger partial charge is 0.370 e. The van der Waals surface area contributed by atoms with Gasteiger partial charge < -0.3 is 34.7 Å². The maximum absolute atomic E-state index is 13.1. The number of rotatable bonds is 16. The first kappa shape index (κ1) is 82.9. The molecule has 5 saturated heterocycles. The Morgan fingerprint density at radius 3 is 1.25 bits per heavy atom. The molecule has 0 amide bonds. The van der Waals surface area contributed by atoms with E-state index in [1.165, 1.54) is 19.4 Å². The monoisotopic (exact) mass is 1680 g/mol. The minimum absolute atomic E-state index is 0.0894. The summed E-state index contributed by atoms with van der Waals surface area (Å²) in [5, 5.41) is 22.0. The number of nitrogens with zero attached hydrogens (tertiary/aromatic N) is 27. The number of fused-ring (bicyclic) bond motifs is 9. The topological polar surface area (TPSA) is 293 Å². The van der Waals surface area contributed by atoms with E-state index >= 15 is 0 Å². The van der Waals surface area contributed by atoms with Crippen molar-refractivity contribution in [2.24, 2.45) is 11.8 Å². The standard InChI is InChI=1S/C24H27N7O.C24H29N7O.C23H27N7O.C22H25N7O/c1-3-19-22-11-21(27-31(22)13-16(2)25-19)20-12-24(32)30-15-18(6-7-23(30)26-20)29-10-9-28-8-4-5-17(28)14-29;1-5-28(6-2)12-18-13-29(14-18)19-7-8-23-26-20(10-24(32)30(23)15-19)21-9-22-17(4)25-16(3)11-31(22)27-21;1-5-18-21-9-20(27-30(21)12-16(4)25-18)19-10-22(31)29-13-17(8-14(2)23(29)26-19)28-7-6-24-15(3)11-28;1-14-9-29-20(15(2)23-14)7-19(25-29)18-8-22(30)28-13-17(5-6-21(28)24-18)27-11-16(12-27)10-26(3)4/h6-7,11-13,15,17H,3-5,8-10,14H2,1-2H3;7-11,15,18H,5-6,12-14H2,1-4H3;8-10,12-13,15,24H,5-7,11H2,1-4H3;5-9,13,16H,10-12H2,1-4H3/t17-;;15-;/m0.1./s1. The van der Waals surface area contributed by atoms with Crippen LogP contribution in [0.15, 0.2) is 160 Å². The molecule has 0 aliphatic carbocycles. The van der Waals surface area contributed by atoms with Crippen molar-refractivity contribution in [3.8, 4) is 45.6 Å². The van der Waals surface area contributed by atoms with Crippen molar-refractivity contribution < 1.29 is 0 Å². The van der Waals surface area contributed by atoms with E-state index in [4.69, 9.17) is 19.9 Å². The third-order valence-corrected chi connectivity index (χ3v) is 24.8. The summed E-state index contributed by atoms with van der Waals surface area (Å²) in [5.41, 5.74) is 23.6. The molecule has 21 rings (SSSR count). The molecular weight excluding hydrogens is 1570 g/mol. The highest BCUT2D eigenvalue weighted by atomic mass is 16.1. The average molecular weight is 1680 g/mol. The Hall–Kier alpha value is -13.0. The predicted octanol–water partition coefficient (Wildman–Crippen LogP) is 9.76. The first-order chi connectivity index (χ1) is 60.3. The Balaban J connectivity index is 0.000000113. The van der Waals surface area contributed by atoms with Crippen LogP contribution >= 0.6 is 0 Å². The molecule has 16 aromatic rings. The van der Waals surface area contributed by atoms with Gasteiger partial charge in [0.05, 0.1) is 138 Å². The molecule has 125 heavy (non-hydrogen) atoms. The molecule has 0 radical (unpaired) electrons. The summed E-state index contributed by atoms with van der Waals surface area (Å²) in [6.07, 6.45) is 19.4. The van der Waals surface area contributed by atoms with Crippen LogP contribution in [0.5, 0.6) is 0 Å². The lowest BCUT2D eigenvalue weighted by atomic mass is 9.98. The molecule has 5 aliphatic rings. The predicted molar refractivity (Wildman–Crippen MR) is 490 cm³/mol. The third-order valence-electron chi connectivity index (χ3n) is 24.8. The van der Waals surface area contributed by atoms with Crippen molar-refractivity contribution in [2.75, 3.05) is 132 Å². The van der Waals surface area contributed by atoms with E-state index in [0.29, 0.717) is 92.1 Å². The second-order valence-electron chi connectivity index (χ2n) is 34.4. The van der Waals surface area contributed by atoms with Crippen LogP contribution < -0.4 is 47.2 Å². The number of hydrogen-bond donors (Lipinski definition) is 1. The summed E-state index contributed by atoms with van der Waals surface area (Å²) < 4.78 is 13.8. The van der Waals surface area contributed by atoms with E-state index in [1.807, 2.05) is 156 Å². The Labute approximate surface area is 722 Å². The van der Waals surface area contributed by atoms with Crippen LogP contribution in [-0.4, -0.2) is 235 Å². The van der Waals surface area contributed by atoms with E-state index in [2.05, 4.69) is 147 Å². The molecule has 644 valence electrons. The van der Waals surface area contributed by atoms with Crippen LogP contribution in [0.4, 0.5) is 22.7 Å². The van der Waals surface area contributed by atoms with Gasteiger partial charge in [0.25, 0.3) is 22.2 Å². The van der Waals surface area contributed by atoms with Crippen molar-refractivity contribution in [1.29, 1.82) is 0 Å². The van der Waals surface area contributed by atoms with Gasteiger partial charge in [0, 0.05) is 152 Å². The zero-order valence-corrected chi connectivity index (χ0v) is 73.7. The van der Waals surface area contributed by atoms with Gasteiger partial charge in [-0.2, -0.15) is 20.4 Å². The maximum Gasteiger partial charge on any atom is 0.258 e. The van der Waals surface area contributed by atoms with E-state index < -0.39 is 0 Å². The Bertz CT molecular complexity index is 7080. The Morgan fingerprint density at radius 1 is 0.392 bits per heavy atom. The zero-order valence-electron chi connectivity index (χ0n) is 73.7. The molecule has 0 aromatic carbocycles. The fourth-order valence-corrected chi connectivity index (χ4v) is 18.4. The highest BCUT2D eigenvalue weighted by Crippen LogP contribution is 2.32. The zero-order chi connectivity index (χ0) is 86.9. The van der Waals surface area contributed by atoms with E-state index in [1.54, 1.807) is 50.9 Å². The Morgan fingerprint density at radius 2 is 0.800 bits per heavy atom. The fraction of sp³-hybridized carbons (Fsp3) is 0.398. The van der Waals surface area contributed by atoms with E-state index in [-0.39, 0.29) is 22.2 Å². The van der Waals surface area contributed by atoms with Gasteiger partial charge in [0.15, 0.2) is 0 Å². The number of piperazine rings is 2. The SMILES string of the molecule is CCN(CC)CC1CN(c2ccc3nc(-c4cc5c(C)nc(C)cn5n4)cc(=O)n3c2)C1.CCc1nc(C)cn2nc(-c3cc(=O)n4cc(N5CCN6CCC[C@H]6C5)ccc4n3)cc12.CCc1nc(C)cn2nc(-c3cc(=O)n4cc(N5CCN[C@H](C)C5)cc(C)c4n3)cc12.Cc1cn2nc(-c3cc(=O)n4cc(N5CC(CN(C)C)C5)ccc4n3)cc2c(C)n1. The highest BCUT2D eigenvalue weighted by molar-refractivity contribution is 5.72. The second-order valence-corrected chi connectivity index (χ2v) is 34.4. The molecule has 0 saturated carbocycles. The molecule has 32 heteroatoms. The lowest BCUT2D eigenvalue weighted by Gasteiger charge is -2.43. The van der Waals surface area contributed by atoms with Crippen LogP contribution in [0.25, 0.3) is 90.2 Å². The second kappa shape index (κ2) is 34.2. The quantitative estimate of drug-likeness (QED) is 0.0941. The van der Waals surface area contributed by atoms with Gasteiger partial charge in [-0.1, -0.05) is 27.7 Å². The van der Waals surface area contributed by atoms with Crippen molar-refractivity contribution >= 4 is 67.4 Å². The lowest BCUT2D eigenvalue weighted by molar-refractivity contribution is 0.227. The summed E-state index contributed by atoms with van der Waals surface area (Å²) in [5.74, 6) is 1.35. The first-order valence-corrected chi connectivity index (χ1v) is 43.7. The van der Waals surface area contributed by atoms with Crippen LogP contribution in [0, 0.1) is 60.3 Å². The summed E-state index contributed by atoms with van der Waals surface area (Å²) in [4.78, 5) is 106. The molecular formula is C93H108N28O4. The molecule has 0 bridgehead atoms. The fourth-order valence-electron chi connectivity index (χ4n) is 18.4. The van der Waals surface area contributed by atoms with Crippen LogP contribution in [0.1, 0.15) is 98.6 Å². The number of aromatic nitrogens is 20. The van der Waals surface area contributed by atoms with Crippen LogP contribution in [0.3, 0.4) is 0 Å². The van der Waals surface area contributed by atoms with E-state index in [9.17, 15) is 19.2 Å². The maximum atomic E-state index is 13.1. The van der Waals surface area contributed by atoms with Gasteiger partial charge >= 0.3 is 0 Å². The summed E-state index contributed by atoms with van der Waals surface area (Å²) >= 11 is 0. The average Bonchev–Trinajstić information content (AvgIpc) is 1.78. The van der Waals surface area contributed by atoms with Gasteiger partial charge in [-0.05, 0) is 187 Å². The molecule has 5 aliphatic heterocycles. The normalized spacial score (nSPS) is 16.4. The minimum atomic E-state index is -0.106. The number of nitrogens with one attached hydrogen (secondary N) is 1. The molecule has 21 heterocycles. The first-order valence-electron chi connectivity index (χ1n) is 43.7. The summed E-state index contributed by atoms with van der Waals surface area (Å²) in [7, 11) is 4.20. The Kier molecular flexibility index (Phi) is 22.7. The van der Waals surface area contributed by atoms with Crippen molar-refractivity contribution in [2.45, 2.75) is 121 Å². The van der Waals surface area contributed by atoms with Gasteiger partial charge in [0.1, 0.15) is 45.4 Å². The third kappa shape index (κ3) is 16.9. The van der Waals surface area contributed by atoms with Gasteiger partial charge in [-0.3, -0.25) is 61.6 Å². The smallest absolute Gasteiger partial charge is 0.258 e. The van der Waals surface area contributed by atoms with Crippen LogP contribution in [-0.2, 0) is 12.8 Å². The molecule has 2 atom stereocenters. The van der Waals surface area contributed by atoms with Gasteiger partial charge in [-0.15, -0.1) is 0 Å². The van der Waals surface area contributed by atoms with Gasteiger partial charge in [-0.25, -0.2) is 38.0 Å². The molecule has 1 N–H and O–H groups in total. The van der Waals surface area contributed by atoms with Crippen molar-refractivity contribution in [3.05, 3.63) is 233 Å². The number of pyridine rings is 4. The van der Waals surface area contributed by atoms with E-state index in [0.717, 1.165) is 200 Å².